The van der Waals surface area contributed by atoms with E-state index >= 15 is 0 Å². The fourth-order valence-electron chi connectivity index (χ4n) is 3.15. The predicted molar refractivity (Wildman–Crippen MR) is 104 cm³/mol. The van der Waals surface area contributed by atoms with E-state index in [4.69, 9.17) is 9.84 Å². The summed E-state index contributed by atoms with van der Waals surface area (Å²) in [6, 6.07) is 7.52. The number of ketones is 1. The van der Waals surface area contributed by atoms with Crippen molar-refractivity contribution in [3.05, 3.63) is 52.6 Å². The van der Waals surface area contributed by atoms with Gasteiger partial charge >= 0.3 is 0 Å². The Morgan fingerprint density at radius 3 is 2.32 bits per heavy atom. The first-order valence-corrected chi connectivity index (χ1v) is 9.00. The minimum atomic E-state index is -0.823. The molecule has 0 bridgehead atoms. The van der Waals surface area contributed by atoms with Gasteiger partial charge in [-0.15, -0.1) is 0 Å². The van der Waals surface area contributed by atoms with Gasteiger partial charge in [0.15, 0.2) is 5.78 Å². The molecule has 4 N–H and O–H groups in total. The van der Waals surface area contributed by atoms with Crippen molar-refractivity contribution in [2.45, 2.75) is 26.2 Å². The summed E-state index contributed by atoms with van der Waals surface area (Å²) in [4.78, 5) is 25.6. The van der Waals surface area contributed by atoms with E-state index in [9.17, 15) is 19.8 Å². The molecule has 28 heavy (non-hydrogen) atoms. The Hall–Kier alpha value is -3.06. The number of methoxy groups -OCH3 is 1. The van der Waals surface area contributed by atoms with Gasteiger partial charge in [0, 0.05) is 18.2 Å². The summed E-state index contributed by atoms with van der Waals surface area (Å²) in [6.45, 7) is 3.22. The van der Waals surface area contributed by atoms with Crippen LogP contribution in [0.4, 0.5) is 0 Å². The predicted octanol–water partition coefficient (Wildman–Crippen LogP) is 2.11. The first kappa shape index (κ1) is 21.2. The standard InChI is InChI=1S/C21H25NO6/c1-4-15-16(24)11-17(25)19(18(15)12(2)21(27)22-9-10-23)20(26)13-5-7-14(28-3)8-6-13/h5-8,11-12,23-25H,4,9-10H2,1-3H3,(H,22,27). The molecule has 7 nitrogen and oxygen atoms in total. The molecule has 7 heteroatoms. The van der Waals surface area contributed by atoms with Gasteiger partial charge < -0.3 is 25.4 Å². The van der Waals surface area contributed by atoms with E-state index in [2.05, 4.69) is 5.32 Å². The van der Waals surface area contributed by atoms with Gasteiger partial charge in [0.2, 0.25) is 5.91 Å². The number of phenolic OH excluding ortho intramolecular Hbond substituents is 2. The van der Waals surface area contributed by atoms with Gasteiger partial charge in [-0.25, -0.2) is 0 Å². The Labute approximate surface area is 163 Å². The molecule has 0 spiro atoms. The van der Waals surface area contributed by atoms with Crippen LogP contribution in [0.2, 0.25) is 0 Å². The molecule has 0 aliphatic rings. The number of hydrogen-bond donors (Lipinski definition) is 4. The van der Waals surface area contributed by atoms with Crippen molar-refractivity contribution in [2.75, 3.05) is 20.3 Å². The van der Waals surface area contributed by atoms with Crippen molar-refractivity contribution in [3.63, 3.8) is 0 Å². The number of rotatable bonds is 8. The number of ether oxygens (including phenoxy) is 1. The number of phenols is 2. The van der Waals surface area contributed by atoms with Gasteiger partial charge in [-0.05, 0) is 48.7 Å². The summed E-state index contributed by atoms with van der Waals surface area (Å²) < 4.78 is 5.09. The lowest BCUT2D eigenvalue weighted by molar-refractivity contribution is -0.122. The summed E-state index contributed by atoms with van der Waals surface area (Å²) in [5, 5.41) is 32.2. The van der Waals surface area contributed by atoms with Crippen molar-refractivity contribution < 1.29 is 29.6 Å². The van der Waals surface area contributed by atoms with Gasteiger partial charge in [0.1, 0.15) is 17.2 Å². The summed E-state index contributed by atoms with van der Waals surface area (Å²) in [7, 11) is 1.51. The minimum absolute atomic E-state index is 0.0218. The second-order valence-corrected chi connectivity index (χ2v) is 6.33. The molecule has 2 rings (SSSR count). The fraction of sp³-hybridized carbons (Fsp3) is 0.333. The molecule has 0 saturated carbocycles. The quantitative estimate of drug-likeness (QED) is 0.516. The highest BCUT2D eigenvalue weighted by Crippen LogP contribution is 2.38. The van der Waals surface area contributed by atoms with Crippen LogP contribution in [0, 0.1) is 0 Å². The number of carbonyl (C=O) groups is 2. The zero-order valence-electron chi connectivity index (χ0n) is 16.2. The Balaban J connectivity index is 2.61. The number of aromatic hydroxyl groups is 2. The lowest BCUT2D eigenvalue weighted by atomic mass is 9.84. The van der Waals surface area contributed by atoms with Crippen LogP contribution >= 0.6 is 0 Å². The second-order valence-electron chi connectivity index (χ2n) is 6.33. The molecule has 1 unspecified atom stereocenters. The first-order valence-electron chi connectivity index (χ1n) is 9.00. The third kappa shape index (κ3) is 4.26. The van der Waals surface area contributed by atoms with Crippen LogP contribution in [0.3, 0.4) is 0 Å². The van der Waals surface area contributed by atoms with Crippen molar-refractivity contribution in [1.29, 1.82) is 0 Å². The molecule has 0 fully saturated rings. The SMILES string of the molecule is CCc1c(O)cc(O)c(C(=O)c2ccc(OC)cc2)c1C(C)C(=O)NCCO. The number of aliphatic hydroxyl groups is 1. The Morgan fingerprint density at radius 1 is 1.14 bits per heavy atom. The zero-order chi connectivity index (χ0) is 20.8. The summed E-state index contributed by atoms with van der Waals surface area (Å²) >= 11 is 0. The summed E-state index contributed by atoms with van der Waals surface area (Å²) in [5.41, 5.74) is 0.983. The van der Waals surface area contributed by atoms with E-state index in [0.29, 0.717) is 23.3 Å². The molecule has 0 saturated heterocycles. The minimum Gasteiger partial charge on any atom is -0.508 e. The maximum Gasteiger partial charge on any atom is 0.227 e. The first-order chi connectivity index (χ1) is 13.3. The van der Waals surface area contributed by atoms with Gasteiger partial charge in [-0.2, -0.15) is 0 Å². The van der Waals surface area contributed by atoms with E-state index in [-0.39, 0.29) is 30.0 Å². The number of benzene rings is 2. The lowest BCUT2D eigenvalue weighted by Gasteiger charge is -2.21. The molecule has 0 heterocycles. The van der Waals surface area contributed by atoms with Crippen LogP contribution in [0.5, 0.6) is 17.2 Å². The fourth-order valence-corrected chi connectivity index (χ4v) is 3.15. The second kappa shape index (κ2) is 9.23. The number of aliphatic hydroxyl groups excluding tert-OH is 1. The van der Waals surface area contributed by atoms with E-state index in [1.54, 1.807) is 38.1 Å². The molecule has 2 aromatic rings. The number of hydrogen-bond acceptors (Lipinski definition) is 6. The normalized spacial score (nSPS) is 11.7. The molecule has 0 aliphatic carbocycles. The van der Waals surface area contributed by atoms with E-state index in [1.165, 1.54) is 7.11 Å². The largest absolute Gasteiger partial charge is 0.508 e. The molecule has 1 atom stereocenters. The average molecular weight is 387 g/mol. The number of carbonyl (C=O) groups excluding carboxylic acids is 2. The van der Waals surface area contributed by atoms with E-state index in [1.807, 2.05) is 0 Å². The van der Waals surface area contributed by atoms with Crippen LogP contribution in [0.25, 0.3) is 0 Å². The van der Waals surface area contributed by atoms with Gasteiger partial charge in [0.25, 0.3) is 0 Å². The molecule has 0 aromatic heterocycles. The monoisotopic (exact) mass is 387 g/mol. The van der Waals surface area contributed by atoms with Crippen LogP contribution in [0.15, 0.2) is 30.3 Å². The Morgan fingerprint density at radius 2 is 1.79 bits per heavy atom. The average Bonchev–Trinajstić information content (AvgIpc) is 2.70. The molecule has 2 aromatic carbocycles. The lowest BCUT2D eigenvalue weighted by Crippen LogP contribution is -2.31. The number of nitrogens with one attached hydrogen (secondary N) is 1. The molecular weight excluding hydrogens is 362 g/mol. The summed E-state index contributed by atoms with van der Waals surface area (Å²) in [6.07, 6.45) is 0.363. The van der Waals surface area contributed by atoms with Crippen LogP contribution < -0.4 is 10.1 Å². The Kier molecular flexibility index (Phi) is 7.00. The van der Waals surface area contributed by atoms with Gasteiger partial charge in [0.05, 0.1) is 25.2 Å². The van der Waals surface area contributed by atoms with Gasteiger partial charge in [-0.1, -0.05) is 6.92 Å². The van der Waals surface area contributed by atoms with Crippen LogP contribution in [-0.2, 0) is 11.2 Å². The van der Waals surface area contributed by atoms with E-state index < -0.39 is 23.4 Å². The Bertz CT molecular complexity index is 860. The van der Waals surface area contributed by atoms with Gasteiger partial charge in [-0.3, -0.25) is 9.59 Å². The van der Waals surface area contributed by atoms with Crippen molar-refractivity contribution in [1.82, 2.24) is 5.32 Å². The third-order valence-electron chi connectivity index (χ3n) is 4.60. The molecule has 150 valence electrons. The smallest absolute Gasteiger partial charge is 0.227 e. The highest BCUT2D eigenvalue weighted by atomic mass is 16.5. The third-order valence-corrected chi connectivity index (χ3v) is 4.60. The molecule has 0 aliphatic heterocycles. The van der Waals surface area contributed by atoms with Crippen LogP contribution in [0.1, 0.15) is 46.8 Å². The molecule has 1 amide bonds. The molecular formula is C21H25NO6. The number of amides is 1. The van der Waals surface area contributed by atoms with Crippen molar-refractivity contribution in [2.24, 2.45) is 0 Å². The van der Waals surface area contributed by atoms with Crippen molar-refractivity contribution >= 4 is 11.7 Å². The van der Waals surface area contributed by atoms with Crippen LogP contribution in [-0.4, -0.2) is 47.3 Å². The maximum absolute atomic E-state index is 13.2. The maximum atomic E-state index is 13.2. The topological polar surface area (TPSA) is 116 Å². The summed E-state index contributed by atoms with van der Waals surface area (Å²) in [5.74, 6) is -1.70. The zero-order valence-corrected chi connectivity index (χ0v) is 16.2. The van der Waals surface area contributed by atoms with Crippen molar-refractivity contribution in [3.8, 4) is 17.2 Å². The highest BCUT2D eigenvalue weighted by Gasteiger charge is 2.29. The molecule has 0 radical (unpaired) electrons. The highest BCUT2D eigenvalue weighted by molar-refractivity contribution is 6.13. The van der Waals surface area contributed by atoms with E-state index in [0.717, 1.165) is 6.07 Å².